The summed E-state index contributed by atoms with van der Waals surface area (Å²) in [5.74, 6) is 0.524. The maximum absolute atomic E-state index is 12.2. The Labute approximate surface area is 136 Å². The molecule has 0 aliphatic carbocycles. The van der Waals surface area contributed by atoms with Gasteiger partial charge in [0.05, 0.1) is 17.7 Å². The Morgan fingerprint density at radius 1 is 1.39 bits per heavy atom. The number of aliphatic hydroxyl groups is 1. The van der Waals surface area contributed by atoms with E-state index in [9.17, 15) is 9.90 Å². The van der Waals surface area contributed by atoms with Crippen LogP contribution in [0.1, 0.15) is 51.8 Å². The molecule has 0 fully saturated rings. The van der Waals surface area contributed by atoms with Crippen LogP contribution in [-0.2, 0) is 0 Å². The molecule has 0 bridgehead atoms. The van der Waals surface area contributed by atoms with Crippen molar-refractivity contribution in [2.45, 2.75) is 57.9 Å². The third-order valence-electron chi connectivity index (χ3n) is 3.67. The number of nitrogens with zero attached hydrogens (tertiary/aromatic N) is 1. The zero-order valence-corrected chi connectivity index (χ0v) is 14.1. The molecule has 0 saturated heterocycles. The second kappa shape index (κ2) is 5.74. The lowest BCUT2D eigenvalue weighted by molar-refractivity contribution is -0.0231. The molecule has 23 heavy (non-hydrogen) atoms. The number of hydrogen-bond donors (Lipinski definition) is 3. The summed E-state index contributed by atoms with van der Waals surface area (Å²) in [4.78, 5) is 12.2. The van der Waals surface area contributed by atoms with E-state index in [1.54, 1.807) is 32.0 Å². The lowest BCUT2D eigenvalue weighted by atomic mass is 9.85. The molecule has 1 heterocycles. The minimum Gasteiger partial charge on any atom is -0.485 e. The van der Waals surface area contributed by atoms with Crippen molar-refractivity contribution in [1.29, 1.82) is 5.26 Å². The van der Waals surface area contributed by atoms with E-state index >= 15 is 0 Å². The molecule has 124 valence electrons. The highest BCUT2D eigenvalue weighted by Gasteiger charge is 2.44. The van der Waals surface area contributed by atoms with Crippen molar-refractivity contribution in [2.75, 3.05) is 0 Å². The Kier molecular flexibility index (Phi) is 4.27. The van der Waals surface area contributed by atoms with Gasteiger partial charge in [-0.2, -0.15) is 5.26 Å². The molecule has 0 spiro atoms. The summed E-state index contributed by atoms with van der Waals surface area (Å²) < 4.78 is 5.92. The number of amides is 2. The quantitative estimate of drug-likeness (QED) is 0.740. The fourth-order valence-electron chi connectivity index (χ4n) is 2.62. The van der Waals surface area contributed by atoms with Gasteiger partial charge in [0.15, 0.2) is 0 Å². The first-order chi connectivity index (χ1) is 10.5. The van der Waals surface area contributed by atoms with Crippen molar-refractivity contribution < 1.29 is 14.6 Å². The number of benzene rings is 1. The monoisotopic (exact) mass is 317 g/mol. The zero-order valence-electron chi connectivity index (χ0n) is 14.1. The molecule has 0 saturated carbocycles. The van der Waals surface area contributed by atoms with Gasteiger partial charge in [-0.3, -0.25) is 0 Å². The second-order valence-electron chi connectivity index (χ2n) is 7.34. The molecule has 1 aliphatic heterocycles. The normalized spacial score (nSPS) is 22.3. The number of hydrogen-bond acceptors (Lipinski definition) is 4. The average molecular weight is 317 g/mol. The molecule has 1 aromatic carbocycles. The van der Waals surface area contributed by atoms with Crippen LogP contribution in [0.2, 0.25) is 0 Å². The minimum absolute atomic E-state index is 0.377. The van der Waals surface area contributed by atoms with Crippen molar-refractivity contribution in [1.82, 2.24) is 10.6 Å². The van der Waals surface area contributed by atoms with Crippen molar-refractivity contribution in [3.63, 3.8) is 0 Å². The van der Waals surface area contributed by atoms with Crippen molar-refractivity contribution in [2.24, 2.45) is 0 Å². The molecule has 2 atom stereocenters. The Bertz CT molecular complexity index is 656. The summed E-state index contributed by atoms with van der Waals surface area (Å²) in [7, 11) is 0. The van der Waals surface area contributed by atoms with Crippen LogP contribution in [0.15, 0.2) is 18.2 Å². The lowest BCUT2D eigenvalue weighted by Crippen LogP contribution is -2.61. The van der Waals surface area contributed by atoms with Gasteiger partial charge in [-0.15, -0.1) is 0 Å². The lowest BCUT2D eigenvalue weighted by Gasteiger charge is -2.43. The Morgan fingerprint density at radius 3 is 2.61 bits per heavy atom. The average Bonchev–Trinajstić information content (AvgIpc) is 2.41. The highest BCUT2D eigenvalue weighted by atomic mass is 16.5. The van der Waals surface area contributed by atoms with Gasteiger partial charge in [-0.1, -0.05) is 0 Å². The summed E-state index contributed by atoms with van der Waals surface area (Å²) in [5, 5.41) is 25.3. The predicted molar refractivity (Wildman–Crippen MR) is 86.0 cm³/mol. The van der Waals surface area contributed by atoms with E-state index in [0.29, 0.717) is 16.9 Å². The number of carbonyl (C=O) groups excluding carboxylic acids is 1. The number of rotatable bonds is 1. The summed E-state index contributed by atoms with van der Waals surface area (Å²) in [6.07, 6.45) is -0.965. The molecular weight excluding hydrogens is 294 g/mol. The molecule has 6 heteroatoms. The molecule has 0 radical (unpaired) electrons. The van der Waals surface area contributed by atoms with E-state index in [1.807, 2.05) is 26.8 Å². The van der Waals surface area contributed by atoms with Crippen LogP contribution in [0.4, 0.5) is 4.79 Å². The third kappa shape index (κ3) is 3.74. The van der Waals surface area contributed by atoms with E-state index < -0.39 is 17.7 Å². The molecule has 2 amide bonds. The first kappa shape index (κ1) is 17.1. The number of urea groups is 1. The van der Waals surface area contributed by atoms with Crippen LogP contribution in [0.25, 0.3) is 0 Å². The van der Waals surface area contributed by atoms with E-state index in [0.717, 1.165) is 0 Å². The second-order valence-corrected chi connectivity index (χ2v) is 7.34. The van der Waals surface area contributed by atoms with E-state index in [4.69, 9.17) is 10.00 Å². The smallest absolute Gasteiger partial charge is 0.315 e. The standard InChI is InChI=1S/C17H23N3O3/c1-16(2,3)20-15(22)19-14-13(21)11-8-10(9-18)6-7-12(11)23-17(14,4)5/h6-8,13-14,21H,1-5H3,(H2,19,20,22)/t13-,14+/m1/s1. The number of nitriles is 1. The minimum atomic E-state index is -0.965. The first-order valence-electron chi connectivity index (χ1n) is 7.53. The highest BCUT2D eigenvalue weighted by molar-refractivity contribution is 5.75. The van der Waals surface area contributed by atoms with Crippen LogP contribution in [-0.4, -0.2) is 28.3 Å². The number of carbonyl (C=O) groups is 1. The van der Waals surface area contributed by atoms with Crippen LogP contribution in [0.3, 0.4) is 0 Å². The van der Waals surface area contributed by atoms with Gasteiger partial charge in [0.25, 0.3) is 0 Å². The van der Waals surface area contributed by atoms with Crippen LogP contribution in [0, 0.1) is 11.3 Å². The largest absolute Gasteiger partial charge is 0.485 e. The summed E-state index contributed by atoms with van der Waals surface area (Å²) in [6, 6.07) is 5.92. The van der Waals surface area contributed by atoms with Gasteiger partial charge in [0, 0.05) is 11.1 Å². The number of nitrogens with one attached hydrogen (secondary N) is 2. The summed E-state index contributed by atoms with van der Waals surface area (Å²) in [6.45, 7) is 9.23. The van der Waals surface area contributed by atoms with Crippen molar-refractivity contribution >= 4 is 6.03 Å². The van der Waals surface area contributed by atoms with Gasteiger partial charge in [0.1, 0.15) is 17.5 Å². The number of fused-ring (bicyclic) bond motifs is 1. The van der Waals surface area contributed by atoms with Crippen LogP contribution in [0.5, 0.6) is 5.75 Å². The van der Waals surface area contributed by atoms with E-state index in [2.05, 4.69) is 10.6 Å². The molecule has 6 nitrogen and oxygen atoms in total. The van der Waals surface area contributed by atoms with Gasteiger partial charge < -0.3 is 20.5 Å². The molecule has 2 rings (SSSR count). The SMILES string of the molecule is CC(C)(C)NC(=O)N[C@H]1[C@H](O)c2cc(C#N)ccc2OC1(C)C. The Hall–Kier alpha value is -2.26. The number of ether oxygens (including phenoxy) is 1. The van der Waals surface area contributed by atoms with Crippen LogP contribution >= 0.6 is 0 Å². The topological polar surface area (TPSA) is 94.4 Å². The van der Waals surface area contributed by atoms with Gasteiger partial charge in [-0.05, 0) is 52.8 Å². The third-order valence-corrected chi connectivity index (χ3v) is 3.67. The maximum Gasteiger partial charge on any atom is 0.315 e. The zero-order chi connectivity index (χ0) is 17.4. The van der Waals surface area contributed by atoms with Gasteiger partial charge in [0.2, 0.25) is 0 Å². The van der Waals surface area contributed by atoms with E-state index in [1.165, 1.54) is 0 Å². The van der Waals surface area contributed by atoms with Crippen LogP contribution < -0.4 is 15.4 Å². The molecule has 3 N–H and O–H groups in total. The molecule has 0 aromatic heterocycles. The van der Waals surface area contributed by atoms with E-state index in [-0.39, 0.29) is 11.6 Å². The Balaban J connectivity index is 2.29. The summed E-state index contributed by atoms with van der Waals surface area (Å²) >= 11 is 0. The number of aliphatic hydroxyl groups excluding tert-OH is 1. The molecular formula is C17H23N3O3. The molecule has 1 aliphatic rings. The summed E-state index contributed by atoms with van der Waals surface area (Å²) in [5.41, 5.74) is -0.246. The highest BCUT2D eigenvalue weighted by Crippen LogP contribution is 2.40. The fourth-order valence-corrected chi connectivity index (χ4v) is 2.62. The van der Waals surface area contributed by atoms with Gasteiger partial charge in [-0.25, -0.2) is 4.79 Å². The Morgan fingerprint density at radius 2 is 2.04 bits per heavy atom. The predicted octanol–water partition coefficient (Wildman–Crippen LogP) is 2.23. The molecule has 1 aromatic rings. The van der Waals surface area contributed by atoms with Crippen molar-refractivity contribution in [3.05, 3.63) is 29.3 Å². The fraction of sp³-hybridized carbons (Fsp3) is 0.529. The molecule has 0 unspecified atom stereocenters. The maximum atomic E-state index is 12.2. The van der Waals surface area contributed by atoms with Crippen molar-refractivity contribution in [3.8, 4) is 11.8 Å². The van der Waals surface area contributed by atoms with Gasteiger partial charge >= 0.3 is 6.03 Å². The first-order valence-corrected chi connectivity index (χ1v) is 7.53.